The summed E-state index contributed by atoms with van der Waals surface area (Å²) in [7, 11) is 0. The van der Waals surface area contributed by atoms with Crippen molar-refractivity contribution in [1.82, 2.24) is 0 Å². The van der Waals surface area contributed by atoms with Crippen LogP contribution in [0.4, 0.5) is 0 Å². The molecule has 0 aromatic rings. The topological polar surface area (TPSA) is 118 Å². The van der Waals surface area contributed by atoms with Crippen LogP contribution in [0.25, 0.3) is 0 Å². The van der Waals surface area contributed by atoms with Gasteiger partial charge in [0.15, 0.2) is 18.2 Å². The first-order valence-electron chi connectivity index (χ1n) is 12.3. The molecule has 5 fully saturated rings. The number of rotatable bonds is 1. The highest BCUT2D eigenvalue weighted by Gasteiger charge is 2.82. The third-order valence-electron chi connectivity index (χ3n) is 10.4. The molecule has 4 N–H and O–H groups in total. The molecule has 8 nitrogen and oxygen atoms in total. The van der Waals surface area contributed by atoms with Crippen molar-refractivity contribution in [3.8, 4) is 0 Å². The summed E-state index contributed by atoms with van der Waals surface area (Å²) in [6.07, 6.45) is -0.757. The summed E-state index contributed by atoms with van der Waals surface area (Å²) >= 11 is 0. The van der Waals surface area contributed by atoms with Gasteiger partial charge in [0.25, 0.3) is 0 Å². The van der Waals surface area contributed by atoms with Gasteiger partial charge in [-0.2, -0.15) is 0 Å². The van der Waals surface area contributed by atoms with Gasteiger partial charge in [0.05, 0.1) is 30.8 Å². The van der Waals surface area contributed by atoms with Crippen LogP contribution in [0.1, 0.15) is 47.0 Å². The lowest BCUT2D eigenvalue weighted by atomic mass is 9.52. The second-order valence-corrected chi connectivity index (χ2v) is 12.2. The van der Waals surface area contributed by atoms with Crippen LogP contribution >= 0.6 is 0 Å². The van der Waals surface area contributed by atoms with E-state index in [1.165, 1.54) is 5.57 Å². The van der Waals surface area contributed by atoms with Gasteiger partial charge in [0, 0.05) is 16.7 Å². The van der Waals surface area contributed by atoms with E-state index in [4.69, 9.17) is 18.9 Å². The van der Waals surface area contributed by atoms with Crippen molar-refractivity contribution in [3.63, 3.8) is 0 Å². The average Bonchev–Trinajstić information content (AvgIpc) is 3.32. The molecule has 33 heavy (non-hydrogen) atoms. The van der Waals surface area contributed by atoms with Gasteiger partial charge in [-0.15, -0.1) is 0 Å². The Kier molecular flexibility index (Phi) is 3.96. The Balaban J connectivity index is 1.46. The molecule has 0 radical (unpaired) electrons. The molecule has 1 saturated carbocycles. The molecule has 0 amide bonds. The minimum atomic E-state index is -1.92. The lowest BCUT2D eigenvalue weighted by Crippen LogP contribution is -2.73. The zero-order chi connectivity index (χ0) is 23.3. The van der Waals surface area contributed by atoms with E-state index in [1.807, 2.05) is 0 Å². The van der Waals surface area contributed by atoms with E-state index in [0.717, 1.165) is 12.0 Å². The molecular weight excluding hydrogens is 428 g/mol. The number of hydrogen-bond donors (Lipinski definition) is 4. The zero-order valence-electron chi connectivity index (χ0n) is 19.5. The molecule has 12 unspecified atom stereocenters. The monoisotopic (exact) mass is 462 g/mol. The fraction of sp³-hybridized carbons (Fsp3) is 0.840. The van der Waals surface area contributed by atoms with Crippen LogP contribution in [0.5, 0.6) is 0 Å². The molecule has 182 valence electrons. The van der Waals surface area contributed by atoms with Crippen molar-refractivity contribution in [2.45, 2.75) is 95.3 Å². The van der Waals surface area contributed by atoms with Crippen LogP contribution in [-0.2, 0) is 18.9 Å². The summed E-state index contributed by atoms with van der Waals surface area (Å²) in [5.74, 6) is -2.61. The molecule has 7 aliphatic rings. The van der Waals surface area contributed by atoms with Gasteiger partial charge in [-0.1, -0.05) is 44.9 Å². The summed E-state index contributed by atoms with van der Waals surface area (Å²) in [6, 6.07) is 0. The maximum absolute atomic E-state index is 12.0. The number of hydrogen-bond acceptors (Lipinski definition) is 8. The summed E-state index contributed by atoms with van der Waals surface area (Å²) in [6.45, 7) is 8.58. The van der Waals surface area contributed by atoms with Crippen molar-refractivity contribution in [2.24, 2.45) is 28.6 Å². The largest absolute Gasteiger partial charge is 0.392 e. The molecule has 0 spiro atoms. The number of aliphatic hydroxyl groups excluding tert-OH is 2. The highest BCUT2D eigenvalue weighted by Crippen LogP contribution is 2.69. The maximum Gasteiger partial charge on any atom is 0.233 e. The Hall–Kier alpha value is -0.840. The second-order valence-electron chi connectivity index (χ2n) is 12.2. The first-order chi connectivity index (χ1) is 15.5. The Bertz CT molecular complexity index is 991. The van der Waals surface area contributed by atoms with Crippen LogP contribution in [0.3, 0.4) is 0 Å². The summed E-state index contributed by atoms with van der Waals surface area (Å²) < 4.78 is 24.3. The van der Waals surface area contributed by atoms with Crippen molar-refractivity contribution in [2.75, 3.05) is 6.61 Å². The van der Waals surface area contributed by atoms with Gasteiger partial charge in [0.2, 0.25) is 5.79 Å². The standard InChI is InChI=1S/C25H34O8/c1-10(2)11-8-14(27)22(3)5-6-23(4)18(16(11)22)13(26)7-12-17-19(23)32-21-24(17,28)25(29)15(9-30-21)31-20(12)33-25/h7,10,13-15,17-21,26-29H,5-6,8-9H2,1-4H3. The highest BCUT2D eigenvalue weighted by molar-refractivity contribution is 5.43. The Morgan fingerprint density at radius 3 is 2.55 bits per heavy atom. The molecule has 8 heteroatoms. The summed E-state index contributed by atoms with van der Waals surface area (Å²) in [5.41, 5.74) is 0.172. The van der Waals surface area contributed by atoms with E-state index >= 15 is 0 Å². The molecule has 4 heterocycles. The normalized spacial score (nSPS) is 60.6. The lowest BCUT2D eigenvalue weighted by Gasteiger charge is -2.54. The molecule has 3 aliphatic carbocycles. The molecule has 2 bridgehead atoms. The zero-order valence-corrected chi connectivity index (χ0v) is 19.5. The van der Waals surface area contributed by atoms with E-state index in [0.29, 0.717) is 18.4 Å². The molecule has 4 aliphatic heterocycles. The van der Waals surface area contributed by atoms with E-state index in [9.17, 15) is 20.4 Å². The van der Waals surface area contributed by atoms with Gasteiger partial charge in [-0.3, -0.25) is 0 Å². The Morgan fingerprint density at radius 2 is 1.82 bits per heavy atom. The number of ether oxygens (including phenoxy) is 4. The first kappa shape index (κ1) is 21.4. The highest BCUT2D eigenvalue weighted by atomic mass is 16.8. The SMILES string of the molecule is CC(C)C1=C2C3C(O)C=C4C5OC6COC7OC(C4C7(O)C6(O)O5)C3(C)CCC2(C)C(O)C1. The predicted octanol–water partition coefficient (Wildman–Crippen LogP) is 0.973. The fourth-order valence-electron chi connectivity index (χ4n) is 8.56. The minimum absolute atomic E-state index is 0.0578. The maximum atomic E-state index is 12.0. The third kappa shape index (κ3) is 2.14. The number of fused-ring (bicyclic) bond motifs is 6. The molecule has 0 aromatic carbocycles. The number of aliphatic hydroxyl groups is 4. The van der Waals surface area contributed by atoms with Crippen molar-refractivity contribution < 1.29 is 39.4 Å². The van der Waals surface area contributed by atoms with E-state index in [1.54, 1.807) is 6.08 Å². The van der Waals surface area contributed by atoms with Gasteiger partial charge in [-0.25, -0.2) is 0 Å². The van der Waals surface area contributed by atoms with Crippen molar-refractivity contribution in [1.29, 1.82) is 0 Å². The van der Waals surface area contributed by atoms with Crippen LogP contribution in [0.2, 0.25) is 0 Å². The lowest BCUT2D eigenvalue weighted by molar-refractivity contribution is -0.379. The van der Waals surface area contributed by atoms with Gasteiger partial charge < -0.3 is 39.4 Å². The molecule has 0 aromatic heterocycles. The van der Waals surface area contributed by atoms with Gasteiger partial charge in [0.1, 0.15) is 6.10 Å². The fourth-order valence-corrected chi connectivity index (χ4v) is 8.56. The molecule has 7 rings (SSSR count). The van der Waals surface area contributed by atoms with Crippen LogP contribution in [-0.4, -0.2) is 75.4 Å². The van der Waals surface area contributed by atoms with E-state index < -0.39 is 65.1 Å². The van der Waals surface area contributed by atoms with Gasteiger partial charge >= 0.3 is 0 Å². The molecule has 4 saturated heterocycles. The quantitative estimate of drug-likeness (QED) is 0.426. The molecular formula is C25H34O8. The van der Waals surface area contributed by atoms with Crippen LogP contribution in [0, 0.1) is 28.6 Å². The third-order valence-corrected chi connectivity index (χ3v) is 10.4. The van der Waals surface area contributed by atoms with Crippen molar-refractivity contribution in [3.05, 3.63) is 22.8 Å². The van der Waals surface area contributed by atoms with E-state index in [2.05, 4.69) is 27.7 Å². The first-order valence-corrected chi connectivity index (χ1v) is 12.3. The van der Waals surface area contributed by atoms with Crippen LogP contribution in [0.15, 0.2) is 22.8 Å². The van der Waals surface area contributed by atoms with Gasteiger partial charge in [-0.05, 0) is 30.8 Å². The Labute approximate surface area is 193 Å². The summed E-state index contributed by atoms with van der Waals surface area (Å²) in [4.78, 5) is 0. The smallest absolute Gasteiger partial charge is 0.233 e. The summed E-state index contributed by atoms with van der Waals surface area (Å²) in [5, 5.41) is 46.4. The predicted molar refractivity (Wildman–Crippen MR) is 113 cm³/mol. The van der Waals surface area contributed by atoms with Crippen molar-refractivity contribution >= 4 is 0 Å². The average molecular weight is 463 g/mol. The van der Waals surface area contributed by atoms with E-state index in [-0.39, 0.29) is 18.4 Å². The molecule has 12 atom stereocenters. The minimum Gasteiger partial charge on any atom is -0.392 e. The Morgan fingerprint density at radius 1 is 1.06 bits per heavy atom. The second kappa shape index (κ2) is 6.10. The van der Waals surface area contributed by atoms with Crippen LogP contribution < -0.4 is 0 Å².